The maximum absolute atomic E-state index is 15.4. The summed E-state index contributed by atoms with van der Waals surface area (Å²) < 4.78 is 73.8. The second kappa shape index (κ2) is 13.6. The molecular weight excluding hydrogens is 646 g/mol. The summed E-state index contributed by atoms with van der Waals surface area (Å²) in [5, 5.41) is 2.05. The number of halogens is 5. The van der Waals surface area contributed by atoms with E-state index >= 15 is 4.39 Å². The Kier molecular flexibility index (Phi) is 9.88. The number of benzene rings is 2. The van der Waals surface area contributed by atoms with Gasteiger partial charge in [-0.05, 0) is 61.6 Å². The maximum Gasteiger partial charge on any atom is 0.411 e. The fourth-order valence-electron chi connectivity index (χ4n) is 6.14. The number of fused-ring (bicyclic) bond motifs is 1. The molecule has 5 rings (SSSR count). The zero-order valence-electron chi connectivity index (χ0n) is 26.2. The Balaban J connectivity index is 1.45. The quantitative estimate of drug-likeness (QED) is 0.275. The molecule has 0 aliphatic carbocycles. The fraction of sp³-hybridized carbons (Fsp3) is 0.424. The number of methoxy groups -OCH3 is 1. The lowest BCUT2D eigenvalue weighted by Crippen LogP contribution is -2.53. The molecule has 1 fully saturated rings. The number of nitrogens with zero attached hydrogens (tertiary/aromatic N) is 2. The number of alkyl halides is 3. The van der Waals surface area contributed by atoms with E-state index in [0.29, 0.717) is 41.9 Å². The van der Waals surface area contributed by atoms with Crippen LogP contribution in [0.3, 0.4) is 0 Å². The van der Waals surface area contributed by atoms with Crippen molar-refractivity contribution < 1.29 is 41.4 Å². The molecule has 0 spiro atoms. The predicted octanol–water partition coefficient (Wildman–Crippen LogP) is 5.07. The van der Waals surface area contributed by atoms with Gasteiger partial charge in [-0.15, -0.1) is 0 Å². The number of ether oxygens (including phenoxy) is 3. The highest BCUT2D eigenvalue weighted by atomic mass is 35.5. The summed E-state index contributed by atoms with van der Waals surface area (Å²) in [6, 6.07) is 3.99. The normalized spacial score (nSPS) is 17.0. The Hall–Kier alpha value is -4.10. The van der Waals surface area contributed by atoms with Crippen molar-refractivity contribution in [3.63, 3.8) is 0 Å². The van der Waals surface area contributed by atoms with Gasteiger partial charge in [-0.2, -0.15) is 13.2 Å². The number of hydrogen-bond acceptors (Lipinski definition) is 7. The molecule has 14 heteroatoms. The molecule has 1 aromatic heterocycles. The number of pyridine rings is 1. The van der Waals surface area contributed by atoms with Crippen LogP contribution >= 0.6 is 11.6 Å². The number of rotatable bonds is 7. The molecule has 2 atom stereocenters. The molecule has 1 N–H and O–H groups in total. The van der Waals surface area contributed by atoms with Gasteiger partial charge in [0.05, 0.1) is 43.1 Å². The Bertz CT molecular complexity index is 1750. The Morgan fingerprint density at radius 1 is 1.17 bits per heavy atom. The van der Waals surface area contributed by atoms with Crippen molar-refractivity contribution in [2.45, 2.75) is 51.4 Å². The van der Waals surface area contributed by atoms with E-state index in [1.165, 1.54) is 0 Å². The zero-order chi connectivity index (χ0) is 34.2. The third-order valence-corrected chi connectivity index (χ3v) is 8.92. The van der Waals surface area contributed by atoms with E-state index < -0.39 is 53.1 Å². The summed E-state index contributed by atoms with van der Waals surface area (Å²) in [5.41, 5.74) is 3.12. The summed E-state index contributed by atoms with van der Waals surface area (Å²) in [6.07, 6.45) is -3.46. The van der Waals surface area contributed by atoms with E-state index in [4.69, 9.17) is 25.8 Å². The van der Waals surface area contributed by atoms with Crippen LogP contribution in [-0.4, -0.2) is 68.2 Å². The highest BCUT2D eigenvalue weighted by Crippen LogP contribution is 2.39. The third kappa shape index (κ3) is 6.82. The van der Waals surface area contributed by atoms with Gasteiger partial charge < -0.3 is 29.0 Å². The molecule has 0 bridgehead atoms. The Morgan fingerprint density at radius 3 is 2.60 bits per heavy atom. The average molecular weight is 680 g/mol. The molecule has 2 aliphatic rings. The van der Waals surface area contributed by atoms with Gasteiger partial charge in [-0.3, -0.25) is 9.59 Å². The van der Waals surface area contributed by atoms with Crippen molar-refractivity contribution in [1.82, 2.24) is 9.88 Å². The third-order valence-electron chi connectivity index (χ3n) is 8.62. The average Bonchev–Trinajstić information content (AvgIpc) is 3.03. The van der Waals surface area contributed by atoms with E-state index in [1.54, 1.807) is 23.7 Å². The van der Waals surface area contributed by atoms with Crippen molar-refractivity contribution in [1.29, 1.82) is 0 Å². The lowest BCUT2D eigenvalue weighted by Gasteiger charge is -2.38. The van der Waals surface area contributed by atoms with Crippen molar-refractivity contribution in [2.24, 2.45) is 7.05 Å². The van der Waals surface area contributed by atoms with Gasteiger partial charge in [0.1, 0.15) is 23.7 Å². The molecule has 252 valence electrons. The van der Waals surface area contributed by atoms with E-state index in [0.717, 1.165) is 41.0 Å². The number of aryl methyl sites for hydroxylation is 2. The molecule has 3 heterocycles. The van der Waals surface area contributed by atoms with Gasteiger partial charge in [0.2, 0.25) is 0 Å². The van der Waals surface area contributed by atoms with Crippen molar-refractivity contribution >= 4 is 29.2 Å². The monoisotopic (exact) mass is 679 g/mol. The van der Waals surface area contributed by atoms with Gasteiger partial charge in [0, 0.05) is 37.0 Å². The molecule has 0 radical (unpaired) electrons. The van der Waals surface area contributed by atoms with Gasteiger partial charge in [-0.1, -0.05) is 23.7 Å². The summed E-state index contributed by atoms with van der Waals surface area (Å²) >= 11 is 6.28. The molecule has 0 unspecified atom stereocenters. The predicted molar refractivity (Wildman–Crippen MR) is 167 cm³/mol. The molecule has 9 nitrogen and oxygen atoms in total. The van der Waals surface area contributed by atoms with E-state index in [9.17, 15) is 27.6 Å². The van der Waals surface area contributed by atoms with Crippen molar-refractivity contribution in [3.05, 3.63) is 79.5 Å². The van der Waals surface area contributed by atoms with E-state index in [1.807, 2.05) is 19.9 Å². The van der Waals surface area contributed by atoms with Gasteiger partial charge in [0.15, 0.2) is 0 Å². The first kappa shape index (κ1) is 34.2. The minimum atomic E-state index is -4.65. The number of amides is 1. The first-order chi connectivity index (χ1) is 22.2. The molecule has 1 amide bonds. The molecule has 1 saturated heterocycles. The van der Waals surface area contributed by atoms with Gasteiger partial charge >= 0.3 is 12.1 Å². The molecule has 2 aromatic carbocycles. The van der Waals surface area contributed by atoms with Crippen LogP contribution in [0.2, 0.25) is 5.02 Å². The van der Waals surface area contributed by atoms with Crippen molar-refractivity contribution in [2.75, 3.05) is 38.4 Å². The second-order valence-corrected chi connectivity index (χ2v) is 12.0. The smallest absolute Gasteiger partial charge is 0.411 e. The lowest BCUT2D eigenvalue weighted by molar-refractivity contribution is -0.167. The first-order valence-corrected chi connectivity index (χ1v) is 15.3. The van der Waals surface area contributed by atoms with Crippen LogP contribution < -0.4 is 20.5 Å². The molecule has 0 saturated carbocycles. The highest BCUT2D eigenvalue weighted by Gasteiger charge is 2.46. The topological polar surface area (TPSA) is 99.1 Å². The summed E-state index contributed by atoms with van der Waals surface area (Å²) in [7, 11) is 2.83. The minimum absolute atomic E-state index is 0.00807. The van der Waals surface area contributed by atoms with Gasteiger partial charge in [0.25, 0.3) is 11.5 Å². The number of anilines is 1. The SMILES string of the molecule is COC(=O)[C@H](Cc1ccc(-c2c(C)cc(C)n(C)c2=O)c2c1CCCO2)NC(=O)c1c(F)cc(N2CCOC[C@@H]2C(F)(F)F)cc1Cl. The molecule has 2 aliphatic heterocycles. The Morgan fingerprint density at radius 2 is 1.91 bits per heavy atom. The van der Waals surface area contributed by atoms with Gasteiger partial charge in [-0.25, -0.2) is 9.18 Å². The second-order valence-electron chi connectivity index (χ2n) is 11.6. The van der Waals surface area contributed by atoms with Crippen LogP contribution in [-0.2, 0) is 34.2 Å². The van der Waals surface area contributed by atoms with Crippen LogP contribution in [0, 0.1) is 19.7 Å². The summed E-state index contributed by atoms with van der Waals surface area (Å²) in [5.74, 6) is -2.51. The number of morpholine rings is 1. The first-order valence-electron chi connectivity index (χ1n) is 15.0. The molecule has 47 heavy (non-hydrogen) atoms. The standard InChI is InChI=1S/C33H34ClF4N3O6/c1-17-12-18(2)40(3)31(43)27(17)22-8-7-19(21-6-5-10-47-29(21)22)13-25(32(44)45-4)39-30(42)28-23(34)14-20(15-24(28)35)41-9-11-46-16-26(41)33(36,37)38/h7-8,12,14-15,25-26H,5-6,9-11,13,16H2,1-4H3,(H,39,42)/t25-,26+/m0/s1. The van der Waals surface area contributed by atoms with E-state index in [2.05, 4.69) is 5.32 Å². The number of aromatic nitrogens is 1. The van der Waals surface area contributed by atoms with Crippen LogP contribution in [0.25, 0.3) is 11.1 Å². The Labute approximate surface area is 273 Å². The number of carbonyl (C=O) groups is 2. The van der Waals surface area contributed by atoms with Crippen LogP contribution in [0.4, 0.5) is 23.2 Å². The number of nitrogens with one attached hydrogen (secondary N) is 1. The number of esters is 1. The number of hydrogen-bond donors (Lipinski definition) is 1. The van der Waals surface area contributed by atoms with Crippen LogP contribution in [0.1, 0.15) is 39.2 Å². The summed E-state index contributed by atoms with van der Waals surface area (Å²) in [6.45, 7) is 3.31. The largest absolute Gasteiger partial charge is 0.493 e. The molecule has 3 aromatic rings. The summed E-state index contributed by atoms with van der Waals surface area (Å²) in [4.78, 5) is 40.5. The fourth-order valence-corrected chi connectivity index (χ4v) is 6.43. The number of carbonyl (C=O) groups excluding carboxylic acids is 2. The minimum Gasteiger partial charge on any atom is -0.493 e. The van der Waals surface area contributed by atoms with Crippen molar-refractivity contribution in [3.8, 4) is 16.9 Å². The van der Waals surface area contributed by atoms with Crippen LogP contribution in [0.5, 0.6) is 5.75 Å². The highest BCUT2D eigenvalue weighted by molar-refractivity contribution is 6.34. The zero-order valence-corrected chi connectivity index (χ0v) is 27.0. The van der Waals surface area contributed by atoms with E-state index in [-0.39, 0.29) is 30.8 Å². The maximum atomic E-state index is 15.4. The van der Waals surface area contributed by atoms with Crippen LogP contribution in [0.15, 0.2) is 35.1 Å². The lowest BCUT2D eigenvalue weighted by atomic mass is 9.89. The molecular formula is C33H34ClF4N3O6.